The number of hydrogen-bond acceptors (Lipinski definition) is 5. The van der Waals surface area contributed by atoms with Crippen molar-refractivity contribution < 1.29 is 9.63 Å². The van der Waals surface area contributed by atoms with Crippen LogP contribution in [-0.4, -0.2) is 39.3 Å². The first kappa shape index (κ1) is 14.2. The fourth-order valence-corrected chi connectivity index (χ4v) is 2.60. The molecule has 1 aliphatic heterocycles. The number of likely N-dealkylation sites (tertiary alicyclic amines) is 1. The molecule has 1 aromatic carbocycles. The molecule has 2 heterocycles. The third-order valence-electron chi connectivity index (χ3n) is 3.91. The zero-order valence-corrected chi connectivity index (χ0v) is 12.5. The van der Waals surface area contributed by atoms with Crippen molar-refractivity contribution in [2.24, 2.45) is 0 Å². The van der Waals surface area contributed by atoms with E-state index in [2.05, 4.69) is 41.0 Å². The van der Waals surface area contributed by atoms with Gasteiger partial charge in [0.1, 0.15) is 0 Å². The highest BCUT2D eigenvalue weighted by Crippen LogP contribution is 2.21. The van der Waals surface area contributed by atoms with Gasteiger partial charge in [-0.25, -0.2) is 0 Å². The summed E-state index contributed by atoms with van der Waals surface area (Å²) in [6.07, 6.45) is 0.591. The van der Waals surface area contributed by atoms with Gasteiger partial charge in [0.05, 0.1) is 12.6 Å². The zero-order valence-electron chi connectivity index (χ0n) is 12.5. The van der Waals surface area contributed by atoms with Gasteiger partial charge in [-0.1, -0.05) is 43.3 Å². The molecule has 5 heteroatoms. The van der Waals surface area contributed by atoms with Gasteiger partial charge in [0.2, 0.25) is 11.7 Å². The highest BCUT2D eigenvalue weighted by molar-refractivity contribution is 5.54. The summed E-state index contributed by atoms with van der Waals surface area (Å²) in [5.41, 5.74) is 2.27. The number of aliphatic hydroxyl groups excluding tert-OH is 1. The molecule has 0 amide bonds. The number of nitrogens with zero attached hydrogens (tertiary/aromatic N) is 3. The molecular formula is C16H21N3O2. The monoisotopic (exact) mass is 287 g/mol. The maximum atomic E-state index is 9.52. The molecule has 1 aromatic heterocycles. The van der Waals surface area contributed by atoms with E-state index in [1.165, 1.54) is 5.56 Å². The van der Waals surface area contributed by atoms with E-state index in [4.69, 9.17) is 4.52 Å². The molecule has 1 N–H and O–H groups in total. The molecule has 0 radical (unpaired) electrons. The van der Waals surface area contributed by atoms with E-state index in [0.717, 1.165) is 18.5 Å². The Kier molecular flexibility index (Phi) is 4.03. The third-order valence-corrected chi connectivity index (χ3v) is 3.91. The van der Waals surface area contributed by atoms with Crippen molar-refractivity contribution in [1.82, 2.24) is 15.0 Å². The second-order valence-electron chi connectivity index (χ2n) is 5.97. The molecule has 5 nitrogen and oxygen atoms in total. The average molecular weight is 287 g/mol. The Hall–Kier alpha value is -1.72. The van der Waals surface area contributed by atoms with Crippen LogP contribution in [-0.2, 0) is 6.54 Å². The molecule has 1 fully saturated rings. The second-order valence-corrected chi connectivity index (χ2v) is 5.97. The van der Waals surface area contributed by atoms with Crippen LogP contribution in [0.25, 0.3) is 11.4 Å². The molecule has 0 saturated carbocycles. The van der Waals surface area contributed by atoms with Crippen LogP contribution in [0.5, 0.6) is 0 Å². The summed E-state index contributed by atoms with van der Waals surface area (Å²) in [5.74, 6) is 1.74. The van der Waals surface area contributed by atoms with Crippen LogP contribution in [0.2, 0.25) is 0 Å². The van der Waals surface area contributed by atoms with Crippen molar-refractivity contribution in [1.29, 1.82) is 0 Å². The van der Waals surface area contributed by atoms with Crippen LogP contribution in [0.3, 0.4) is 0 Å². The van der Waals surface area contributed by atoms with Gasteiger partial charge in [-0.2, -0.15) is 4.98 Å². The van der Waals surface area contributed by atoms with Crippen molar-refractivity contribution in [2.45, 2.75) is 38.8 Å². The van der Waals surface area contributed by atoms with Gasteiger partial charge in [0.25, 0.3) is 0 Å². The van der Waals surface area contributed by atoms with Gasteiger partial charge >= 0.3 is 0 Å². The summed E-state index contributed by atoms with van der Waals surface area (Å²) in [7, 11) is 0. The van der Waals surface area contributed by atoms with Gasteiger partial charge in [0, 0.05) is 18.7 Å². The lowest BCUT2D eigenvalue weighted by Gasteiger charge is -2.10. The predicted octanol–water partition coefficient (Wildman–Crippen LogP) is 2.43. The number of aliphatic hydroxyl groups is 1. The first-order valence-corrected chi connectivity index (χ1v) is 7.45. The third kappa shape index (κ3) is 3.31. The summed E-state index contributed by atoms with van der Waals surface area (Å²) in [6.45, 7) is 6.51. The minimum Gasteiger partial charge on any atom is -0.392 e. The molecule has 1 aliphatic rings. The van der Waals surface area contributed by atoms with Crippen LogP contribution in [0.4, 0.5) is 0 Å². The van der Waals surface area contributed by atoms with E-state index in [9.17, 15) is 5.11 Å². The van der Waals surface area contributed by atoms with Crippen LogP contribution >= 0.6 is 0 Å². The van der Waals surface area contributed by atoms with Gasteiger partial charge in [0.15, 0.2) is 0 Å². The molecule has 0 spiro atoms. The van der Waals surface area contributed by atoms with Gasteiger partial charge in [-0.15, -0.1) is 0 Å². The summed E-state index contributed by atoms with van der Waals surface area (Å²) >= 11 is 0. The van der Waals surface area contributed by atoms with Crippen LogP contribution in [0.15, 0.2) is 28.8 Å². The summed E-state index contributed by atoms with van der Waals surface area (Å²) in [4.78, 5) is 6.57. The summed E-state index contributed by atoms with van der Waals surface area (Å²) in [5, 5.41) is 13.6. The number of β-amino-alcohol motifs (C(OH)–C–C–N with tert-alkyl or cyclic N) is 1. The van der Waals surface area contributed by atoms with E-state index in [1.807, 2.05) is 12.1 Å². The van der Waals surface area contributed by atoms with Crippen LogP contribution in [0, 0.1) is 0 Å². The normalized spacial score (nSPS) is 19.5. The molecular weight excluding hydrogens is 266 g/mol. The minimum absolute atomic E-state index is 0.226. The van der Waals surface area contributed by atoms with Crippen molar-refractivity contribution in [2.75, 3.05) is 13.1 Å². The highest BCUT2D eigenvalue weighted by atomic mass is 16.5. The van der Waals surface area contributed by atoms with Crippen molar-refractivity contribution in [3.63, 3.8) is 0 Å². The lowest BCUT2D eigenvalue weighted by molar-refractivity contribution is 0.169. The quantitative estimate of drug-likeness (QED) is 0.935. The number of benzene rings is 1. The van der Waals surface area contributed by atoms with Crippen molar-refractivity contribution >= 4 is 0 Å². The molecule has 0 aliphatic carbocycles. The molecule has 2 aromatic rings. The van der Waals surface area contributed by atoms with E-state index < -0.39 is 0 Å². The fourth-order valence-electron chi connectivity index (χ4n) is 2.60. The molecule has 21 heavy (non-hydrogen) atoms. The van der Waals surface area contributed by atoms with E-state index in [0.29, 0.717) is 30.7 Å². The summed E-state index contributed by atoms with van der Waals surface area (Å²) in [6, 6.07) is 8.27. The number of aromatic nitrogens is 2. The number of hydrogen-bond donors (Lipinski definition) is 1. The Bertz CT molecular complexity index is 592. The van der Waals surface area contributed by atoms with Crippen molar-refractivity contribution in [3.05, 3.63) is 35.7 Å². The average Bonchev–Trinajstić information content (AvgIpc) is 3.09. The lowest BCUT2D eigenvalue weighted by Crippen LogP contribution is -2.21. The largest absolute Gasteiger partial charge is 0.392 e. The molecule has 0 bridgehead atoms. The Morgan fingerprint density at radius 3 is 2.71 bits per heavy atom. The molecule has 3 rings (SSSR count). The smallest absolute Gasteiger partial charge is 0.241 e. The summed E-state index contributed by atoms with van der Waals surface area (Å²) < 4.78 is 5.31. The van der Waals surface area contributed by atoms with Gasteiger partial charge in [-0.05, 0) is 17.9 Å². The van der Waals surface area contributed by atoms with Crippen molar-refractivity contribution in [3.8, 4) is 11.4 Å². The topological polar surface area (TPSA) is 62.4 Å². The van der Waals surface area contributed by atoms with E-state index in [1.54, 1.807) is 0 Å². The molecule has 1 saturated heterocycles. The Balaban J connectivity index is 1.69. The highest BCUT2D eigenvalue weighted by Gasteiger charge is 2.22. The lowest BCUT2D eigenvalue weighted by atomic mass is 10.0. The van der Waals surface area contributed by atoms with E-state index >= 15 is 0 Å². The standard InChI is InChI=1S/C16H21N3O2/c1-11(2)12-3-5-13(6-4-12)16-17-15(21-18-16)10-19-8-7-14(20)9-19/h3-6,11,14,20H,7-10H2,1-2H3/t14-/m0/s1. The Labute approximate surface area is 124 Å². The first-order valence-electron chi connectivity index (χ1n) is 7.45. The maximum Gasteiger partial charge on any atom is 0.241 e. The first-order chi connectivity index (χ1) is 10.1. The van der Waals surface area contributed by atoms with Gasteiger partial charge in [-0.3, -0.25) is 4.90 Å². The second kappa shape index (κ2) is 5.95. The molecule has 0 unspecified atom stereocenters. The maximum absolute atomic E-state index is 9.52. The number of rotatable bonds is 4. The van der Waals surface area contributed by atoms with E-state index in [-0.39, 0.29) is 6.10 Å². The molecule has 1 atom stereocenters. The zero-order chi connectivity index (χ0) is 14.8. The van der Waals surface area contributed by atoms with Crippen LogP contribution < -0.4 is 0 Å². The fraction of sp³-hybridized carbons (Fsp3) is 0.500. The minimum atomic E-state index is -0.226. The molecule has 112 valence electrons. The van der Waals surface area contributed by atoms with Crippen LogP contribution in [0.1, 0.15) is 37.6 Å². The Morgan fingerprint density at radius 2 is 2.10 bits per heavy atom. The Morgan fingerprint density at radius 1 is 1.33 bits per heavy atom. The predicted molar refractivity (Wildman–Crippen MR) is 79.7 cm³/mol. The van der Waals surface area contributed by atoms with Gasteiger partial charge < -0.3 is 9.63 Å². The SMILES string of the molecule is CC(C)c1ccc(-c2noc(CN3CC[C@H](O)C3)n2)cc1.